The molecule has 0 bridgehead atoms. The van der Waals surface area contributed by atoms with Crippen molar-refractivity contribution in [2.45, 2.75) is 19.4 Å². The van der Waals surface area contributed by atoms with E-state index in [-0.39, 0.29) is 0 Å². The summed E-state index contributed by atoms with van der Waals surface area (Å²) in [6.45, 7) is 12.9. The summed E-state index contributed by atoms with van der Waals surface area (Å²) in [6, 6.07) is 0.819. The molecule has 4 nitrogen and oxygen atoms in total. The van der Waals surface area contributed by atoms with Gasteiger partial charge in [-0.05, 0) is 19.5 Å². The second-order valence-electron chi connectivity index (χ2n) is 5.21. The quantitative estimate of drug-likeness (QED) is 0.691. The van der Waals surface area contributed by atoms with Gasteiger partial charge in [0.1, 0.15) is 0 Å². The number of likely N-dealkylation sites (N-methyl/N-ethyl adjacent to an activating group) is 1. The molecule has 1 unspecified atom stereocenters. The number of rotatable bonds is 5. The van der Waals surface area contributed by atoms with Crippen LogP contribution in [0, 0.1) is 0 Å². The van der Waals surface area contributed by atoms with E-state index in [1.165, 1.54) is 52.2 Å². The van der Waals surface area contributed by atoms with Crippen LogP contribution in [-0.2, 0) is 4.74 Å². The van der Waals surface area contributed by atoms with Crippen LogP contribution in [-0.4, -0.2) is 86.8 Å². The Kier molecular flexibility index (Phi) is 5.22. The summed E-state index contributed by atoms with van der Waals surface area (Å²) in [6.07, 6.45) is 1.37. The largest absolute Gasteiger partial charge is 0.383 e. The number of piperazine rings is 1. The molecule has 0 aliphatic carbocycles. The standard InChI is InChI=1S/C13H27N3O/c1-3-14-5-4-13(12-14)16-8-6-15(7-9-16)10-11-17-2/h13H,3-12H2,1-2H3. The van der Waals surface area contributed by atoms with Gasteiger partial charge < -0.3 is 9.64 Å². The molecule has 0 aromatic carbocycles. The molecule has 2 saturated heterocycles. The second-order valence-corrected chi connectivity index (χ2v) is 5.21. The van der Waals surface area contributed by atoms with E-state index in [1.807, 2.05) is 0 Å². The highest BCUT2D eigenvalue weighted by molar-refractivity contribution is 4.85. The average molecular weight is 241 g/mol. The smallest absolute Gasteiger partial charge is 0.0589 e. The highest BCUT2D eigenvalue weighted by Crippen LogP contribution is 2.16. The third-order valence-corrected chi connectivity index (χ3v) is 4.23. The van der Waals surface area contributed by atoms with Crippen molar-refractivity contribution in [2.75, 3.05) is 66.1 Å². The highest BCUT2D eigenvalue weighted by atomic mass is 16.5. The topological polar surface area (TPSA) is 19.0 Å². The number of hydrogen-bond acceptors (Lipinski definition) is 4. The average Bonchev–Trinajstić information content (AvgIpc) is 2.86. The lowest BCUT2D eigenvalue weighted by atomic mass is 10.2. The van der Waals surface area contributed by atoms with E-state index in [2.05, 4.69) is 21.6 Å². The third-order valence-electron chi connectivity index (χ3n) is 4.23. The Bertz CT molecular complexity index is 217. The number of ether oxygens (including phenoxy) is 1. The van der Waals surface area contributed by atoms with Crippen molar-refractivity contribution in [3.05, 3.63) is 0 Å². The number of likely N-dealkylation sites (tertiary alicyclic amines) is 1. The maximum atomic E-state index is 5.14. The van der Waals surface area contributed by atoms with Crippen LogP contribution in [0.1, 0.15) is 13.3 Å². The Morgan fingerprint density at radius 1 is 1.06 bits per heavy atom. The van der Waals surface area contributed by atoms with Gasteiger partial charge in [-0.3, -0.25) is 9.80 Å². The van der Waals surface area contributed by atoms with Crippen molar-refractivity contribution in [1.29, 1.82) is 0 Å². The summed E-state index contributed by atoms with van der Waals surface area (Å²) in [5.74, 6) is 0. The molecule has 17 heavy (non-hydrogen) atoms. The fourth-order valence-corrected chi connectivity index (χ4v) is 2.97. The zero-order valence-corrected chi connectivity index (χ0v) is 11.4. The highest BCUT2D eigenvalue weighted by Gasteiger charge is 2.28. The molecule has 0 amide bonds. The zero-order chi connectivity index (χ0) is 12.1. The van der Waals surface area contributed by atoms with Crippen LogP contribution in [0.15, 0.2) is 0 Å². The molecule has 4 heteroatoms. The van der Waals surface area contributed by atoms with Gasteiger partial charge in [0, 0.05) is 52.4 Å². The van der Waals surface area contributed by atoms with E-state index in [0.717, 1.165) is 19.2 Å². The molecular weight excluding hydrogens is 214 g/mol. The van der Waals surface area contributed by atoms with Gasteiger partial charge in [-0.25, -0.2) is 0 Å². The second kappa shape index (κ2) is 6.69. The van der Waals surface area contributed by atoms with Crippen LogP contribution in [0.4, 0.5) is 0 Å². The van der Waals surface area contributed by atoms with Crippen LogP contribution in [0.2, 0.25) is 0 Å². The molecule has 2 aliphatic heterocycles. The molecule has 0 aromatic rings. The summed E-state index contributed by atoms with van der Waals surface area (Å²) >= 11 is 0. The lowest BCUT2D eigenvalue weighted by molar-refractivity contribution is 0.0762. The van der Waals surface area contributed by atoms with E-state index in [0.29, 0.717) is 0 Å². The van der Waals surface area contributed by atoms with Gasteiger partial charge in [-0.2, -0.15) is 0 Å². The van der Waals surface area contributed by atoms with Crippen molar-refractivity contribution in [1.82, 2.24) is 14.7 Å². The van der Waals surface area contributed by atoms with Crippen LogP contribution < -0.4 is 0 Å². The predicted molar refractivity (Wildman–Crippen MR) is 70.4 cm³/mol. The minimum Gasteiger partial charge on any atom is -0.383 e. The minimum absolute atomic E-state index is 0.819. The molecule has 0 N–H and O–H groups in total. The molecular formula is C13H27N3O. The first kappa shape index (κ1) is 13.3. The Balaban J connectivity index is 1.68. The molecule has 0 spiro atoms. The molecule has 2 aliphatic rings. The summed E-state index contributed by atoms with van der Waals surface area (Å²) in [5, 5.41) is 0. The maximum Gasteiger partial charge on any atom is 0.0589 e. The first-order valence-corrected chi connectivity index (χ1v) is 7.01. The number of hydrogen-bond donors (Lipinski definition) is 0. The van der Waals surface area contributed by atoms with Crippen molar-refractivity contribution in [2.24, 2.45) is 0 Å². The summed E-state index contributed by atoms with van der Waals surface area (Å²) < 4.78 is 5.14. The van der Waals surface area contributed by atoms with E-state index < -0.39 is 0 Å². The summed E-state index contributed by atoms with van der Waals surface area (Å²) in [7, 11) is 1.79. The van der Waals surface area contributed by atoms with E-state index in [4.69, 9.17) is 4.74 Å². The van der Waals surface area contributed by atoms with Crippen molar-refractivity contribution in [3.63, 3.8) is 0 Å². The minimum atomic E-state index is 0.819. The maximum absolute atomic E-state index is 5.14. The predicted octanol–water partition coefficient (Wildman–Crippen LogP) is 0.345. The van der Waals surface area contributed by atoms with Gasteiger partial charge in [-0.1, -0.05) is 6.92 Å². The monoisotopic (exact) mass is 241 g/mol. The van der Waals surface area contributed by atoms with Crippen LogP contribution in [0.3, 0.4) is 0 Å². The Morgan fingerprint density at radius 2 is 1.82 bits per heavy atom. The third kappa shape index (κ3) is 3.65. The number of nitrogens with zero attached hydrogens (tertiary/aromatic N) is 3. The van der Waals surface area contributed by atoms with Crippen molar-refractivity contribution < 1.29 is 4.74 Å². The number of methoxy groups -OCH3 is 1. The van der Waals surface area contributed by atoms with Crippen molar-refractivity contribution in [3.8, 4) is 0 Å². The first-order chi connectivity index (χ1) is 8.33. The Labute approximate surface area is 105 Å². The van der Waals surface area contributed by atoms with Gasteiger partial charge in [0.15, 0.2) is 0 Å². The van der Waals surface area contributed by atoms with Gasteiger partial charge in [0.25, 0.3) is 0 Å². The molecule has 2 rings (SSSR count). The van der Waals surface area contributed by atoms with Gasteiger partial charge >= 0.3 is 0 Å². The Hall–Kier alpha value is -0.160. The van der Waals surface area contributed by atoms with Gasteiger partial charge in [0.2, 0.25) is 0 Å². The van der Waals surface area contributed by atoms with Gasteiger partial charge in [0.05, 0.1) is 6.61 Å². The molecule has 100 valence electrons. The SMILES string of the molecule is CCN1CCC(N2CCN(CCOC)CC2)C1. The van der Waals surface area contributed by atoms with E-state index in [9.17, 15) is 0 Å². The summed E-state index contributed by atoms with van der Waals surface area (Å²) in [5.41, 5.74) is 0. The van der Waals surface area contributed by atoms with Crippen molar-refractivity contribution >= 4 is 0 Å². The lowest BCUT2D eigenvalue weighted by Gasteiger charge is -2.37. The first-order valence-electron chi connectivity index (χ1n) is 7.01. The molecule has 2 fully saturated rings. The van der Waals surface area contributed by atoms with Crippen LogP contribution in [0.25, 0.3) is 0 Å². The van der Waals surface area contributed by atoms with E-state index in [1.54, 1.807) is 7.11 Å². The normalized spacial score (nSPS) is 28.9. The lowest BCUT2D eigenvalue weighted by Crippen LogP contribution is -2.51. The Morgan fingerprint density at radius 3 is 2.41 bits per heavy atom. The molecule has 2 heterocycles. The van der Waals surface area contributed by atoms with Crippen LogP contribution in [0.5, 0.6) is 0 Å². The molecule has 0 saturated carbocycles. The van der Waals surface area contributed by atoms with Crippen LogP contribution >= 0.6 is 0 Å². The molecule has 0 aromatic heterocycles. The molecule has 1 atom stereocenters. The van der Waals surface area contributed by atoms with E-state index >= 15 is 0 Å². The van der Waals surface area contributed by atoms with Gasteiger partial charge in [-0.15, -0.1) is 0 Å². The molecule has 0 radical (unpaired) electrons. The zero-order valence-electron chi connectivity index (χ0n) is 11.4. The fraction of sp³-hybridized carbons (Fsp3) is 1.00. The fourth-order valence-electron chi connectivity index (χ4n) is 2.97. The summed E-state index contributed by atoms with van der Waals surface area (Å²) in [4.78, 5) is 7.79.